The first-order valence-electron chi connectivity index (χ1n) is 11.1. The summed E-state index contributed by atoms with van der Waals surface area (Å²) < 4.78 is 39.4. The summed E-state index contributed by atoms with van der Waals surface area (Å²) in [6, 6.07) is 19.0. The molecule has 7 nitrogen and oxygen atoms in total. The topological polar surface area (TPSA) is 84.9 Å². The van der Waals surface area contributed by atoms with Crippen LogP contribution in [0.4, 0.5) is 11.4 Å². The summed E-state index contributed by atoms with van der Waals surface area (Å²) in [6.07, 6.45) is 0.816. The Morgan fingerprint density at radius 2 is 1.65 bits per heavy atom. The molecule has 34 heavy (non-hydrogen) atoms. The van der Waals surface area contributed by atoms with E-state index in [0.717, 1.165) is 21.9 Å². The van der Waals surface area contributed by atoms with Crippen LogP contribution >= 0.6 is 0 Å². The lowest BCUT2D eigenvalue weighted by atomic mass is 10.1. The number of methoxy groups -OCH3 is 1. The van der Waals surface area contributed by atoms with Crippen molar-refractivity contribution >= 4 is 27.3 Å². The van der Waals surface area contributed by atoms with E-state index in [1.165, 1.54) is 7.11 Å². The minimum Gasteiger partial charge on any atom is -0.495 e. The number of ether oxygens (including phenoxy) is 2. The molecule has 1 N–H and O–H groups in total. The van der Waals surface area contributed by atoms with Gasteiger partial charge in [0.05, 0.1) is 19.4 Å². The van der Waals surface area contributed by atoms with Crippen LogP contribution in [0.25, 0.3) is 0 Å². The van der Waals surface area contributed by atoms with E-state index >= 15 is 0 Å². The predicted octanol–water partition coefficient (Wildman–Crippen LogP) is 4.80. The lowest BCUT2D eigenvalue weighted by Crippen LogP contribution is -2.38. The summed E-state index contributed by atoms with van der Waals surface area (Å²) in [5, 5.41) is 2.77. The maximum absolute atomic E-state index is 13.8. The minimum absolute atomic E-state index is 0.00318. The molecule has 3 aromatic rings. The number of rotatable bonds is 10. The number of sulfonamides is 1. The molecule has 0 spiro atoms. The van der Waals surface area contributed by atoms with Crippen molar-refractivity contribution in [2.24, 2.45) is 0 Å². The average molecular weight is 483 g/mol. The Balaban J connectivity index is 1.95. The van der Waals surface area contributed by atoms with Crippen molar-refractivity contribution in [3.63, 3.8) is 0 Å². The molecule has 3 rings (SSSR count). The Morgan fingerprint density at radius 3 is 2.24 bits per heavy atom. The second-order valence-corrected chi connectivity index (χ2v) is 9.52. The maximum atomic E-state index is 13.8. The van der Waals surface area contributed by atoms with Crippen LogP contribution < -0.4 is 19.1 Å². The number of amides is 1. The molecule has 1 amide bonds. The number of aryl methyl sites for hydroxylation is 2. The van der Waals surface area contributed by atoms with Crippen LogP contribution in [0.15, 0.2) is 71.6 Å². The Kier molecular flexibility index (Phi) is 8.17. The lowest BCUT2D eigenvalue weighted by molar-refractivity contribution is -0.114. The van der Waals surface area contributed by atoms with Crippen molar-refractivity contribution in [3.05, 3.63) is 77.9 Å². The number of hydrogen-bond acceptors (Lipinski definition) is 5. The van der Waals surface area contributed by atoms with Gasteiger partial charge < -0.3 is 14.8 Å². The van der Waals surface area contributed by atoms with Gasteiger partial charge in [-0.3, -0.25) is 9.10 Å². The molecular weight excluding hydrogens is 452 g/mol. The Bertz CT molecular complexity index is 1220. The van der Waals surface area contributed by atoms with Crippen molar-refractivity contribution in [2.75, 3.05) is 29.9 Å². The Labute approximate surface area is 201 Å². The average Bonchev–Trinajstić information content (AvgIpc) is 2.84. The molecule has 0 atom stereocenters. The Hall–Kier alpha value is -3.52. The quantitative estimate of drug-likeness (QED) is 0.449. The van der Waals surface area contributed by atoms with Crippen molar-refractivity contribution < 1.29 is 22.7 Å². The van der Waals surface area contributed by atoms with Gasteiger partial charge in [0.25, 0.3) is 10.0 Å². The van der Waals surface area contributed by atoms with E-state index < -0.39 is 22.5 Å². The molecule has 0 aromatic heterocycles. The van der Waals surface area contributed by atoms with E-state index in [-0.39, 0.29) is 10.6 Å². The highest BCUT2D eigenvalue weighted by molar-refractivity contribution is 7.93. The standard InChI is InChI=1S/C26H30N2O5S/c1-5-20-8-12-22(13-9-20)28(34(30,31)25-17-19(3)7-16-24(25)32-4)18-26(29)27-21-10-14-23(15-11-21)33-6-2/h7-17H,5-6,18H2,1-4H3,(H,27,29). The molecule has 3 aromatic carbocycles. The lowest BCUT2D eigenvalue weighted by Gasteiger charge is -2.25. The molecule has 0 aliphatic heterocycles. The van der Waals surface area contributed by atoms with Gasteiger partial charge >= 0.3 is 0 Å². The first-order chi connectivity index (χ1) is 16.3. The number of hydrogen-bond donors (Lipinski definition) is 1. The number of nitrogens with one attached hydrogen (secondary N) is 1. The SMILES string of the molecule is CCOc1ccc(NC(=O)CN(c2ccc(CC)cc2)S(=O)(=O)c2cc(C)ccc2OC)cc1. The molecule has 0 heterocycles. The Morgan fingerprint density at radius 1 is 0.971 bits per heavy atom. The van der Waals surface area contributed by atoms with E-state index in [9.17, 15) is 13.2 Å². The number of carbonyl (C=O) groups is 1. The monoisotopic (exact) mass is 482 g/mol. The van der Waals surface area contributed by atoms with E-state index in [2.05, 4.69) is 5.32 Å². The van der Waals surface area contributed by atoms with Gasteiger partial charge in [-0.1, -0.05) is 25.1 Å². The van der Waals surface area contributed by atoms with E-state index in [0.29, 0.717) is 23.7 Å². The van der Waals surface area contributed by atoms with Crippen molar-refractivity contribution in [1.82, 2.24) is 0 Å². The fourth-order valence-electron chi connectivity index (χ4n) is 3.45. The smallest absolute Gasteiger partial charge is 0.268 e. The second-order valence-electron chi connectivity index (χ2n) is 7.69. The fraction of sp³-hybridized carbons (Fsp3) is 0.269. The largest absolute Gasteiger partial charge is 0.495 e. The minimum atomic E-state index is -4.11. The molecule has 0 saturated heterocycles. The molecular formula is C26H30N2O5S. The highest BCUT2D eigenvalue weighted by atomic mass is 32.2. The van der Waals surface area contributed by atoms with Crippen molar-refractivity contribution in [2.45, 2.75) is 32.1 Å². The predicted molar refractivity (Wildman–Crippen MR) is 134 cm³/mol. The molecule has 0 aliphatic rings. The van der Waals surface area contributed by atoms with E-state index in [1.807, 2.05) is 26.0 Å². The van der Waals surface area contributed by atoms with Crippen LogP contribution in [-0.4, -0.2) is 34.6 Å². The molecule has 0 aliphatic carbocycles. The molecule has 0 saturated carbocycles. The molecule has 0 unspecified atom stereocenters. The molecule has 8 heteroatoms. The summed E-state index contributed by atoms with van der Waals surface area (Å²) in [5.41, 5.74) is 2.76. The van der Waals surface area contributed by atoms with Crippen LogP contribution in [0.3, 0.4) is 0 Å². The van der Waals surface area contributed by atoms with Crippen molar-refractivity contribution in [1.29, 1.82) is 0 Å². The van der Waals surface area contributed by atoms with Crippen LogP contribution in [0, 0.1) is 6.92 Å². The van der Waals surface area contributed by atoms with Gasteiger partial charge in [-0.2, -0.15) is 0 Å². The van der Waals surface area contributed by atoms with Crippen molar-refractivity contribution in [3.8, 4) is 11.5 Å². The summed E-state index contributed by atoms with van der Waals surface area (Å²) in [4.78, 5) is 13.0. The first kappa shape index (κ1) is 25.1. The number of anilines is 2. The van der Waals surface area contributed by atoms with Gasteiger partial charge in [0.15, 0.2) is 0 Å². The van der Waals surface area contributed by atoms with Crippen LogP contribution in [0.2, 0.25) is 0 Å². The third kappa shape index (κ3) is 5.88. The zero-order chi connectivity index (χ0) is 24.7. The van der Waals surface area contributed by atoms with Gasteiger partial charge in [0, 0.05) is 5.69 Å². The summed E-state index contributed by atoms with van der Waals surface area (Å²) in [5.74, 6) is 0.430. The highest BCUT2D eigenvalue weighted by Gasteiger charge is 2.30. The number of carbonyl (C=O) groups excluding carboxylic acids is 1. The highest BCUT2D eigenvalue weighted by Crippen LogP contribution is 2.31. The van der Waals surface area contributed by atoms with Gasteiger partial charge in [0.1, 0.15) is 22.9 Å². The number of nitrogens with zero attached hydrogens (tertiary/aromatic N) is 1. The maximum Gasteiger partial charge on any atom is 0.268 e. The number of benzene rings is 3. The first-order valence-corrected chi connectivity index (χ1v) is 12.5. The molecule has 0 bridgehead atoms. The summed E-state index contributed by atoms with van der Waals surface area (Å²) >= 11 is 0. The van der Waals surface area contributed by atoms with Gasteiger partial charge in [0.2, 0.25) is 5.91 Å². The van der Waals surface area contributed by atoms with Crippen LogP contribution in [0.5, 0.6) is 11.5 Å². The second kappa shape index (κ2) is 11.1. The normalized spacial score (nSPS) is 11.1. The molecule has 0 radical (unpaired) electrons. The van der Waals surface area contributed by atoms with Crippen LogP contribution in [0.1, 0.15) is 25.0 Å². The molecule has 180 valence electrons. The summed E-state index contributed by atoms with van der Waals surface area (Å²) in [6.45, 7) is 5.85. The zero-order valence-electron chi connectivity index (χ0n) is 19.9. The fourth-order valence-corrected chi connectivity index (χ4v) is 5.11. The zero-order valence-corrected chi connectivity index (χ0v) is 20.7. The summed E-state index contributed by atoms with van der Waals surface area (Å²) in [7, 11) is -2.69. The van der Waals surface area contributed by atoms with Gasteiger partial charge in [-0.05, 0) is 79.9 Å². The van der Waals surface area contributed by atoms with Gasteiger partial charge in [-0.15, -0.1) is 0 Å². The van der Waals surface area contributed by atoms with E-state index in [1.54, 1.807) is 61.5 Å². The molecule has 0 fully saturated rings. The third-order valence-electron chi connectivity index (χ3n) is 5.26. The third-order valence-corrected chi connectivity index (χ3v) is 7.05. The van der Waals surface area contributed by atoms with Crippen LogP contribution in [-0.2, 0) is 21.2 Å². The van der Waals surface area contributed by atoms with Gasteiger partial charge in [-0.25, -0.2) is 8.42 Å². The van der Waals surface area contributed by atoms with E-state index in [4.69, 9.17) is 9.47 Å².